The molecular weight excluding hydrogens is 308 g/mol. The molecule has 17 heavy (non-hydrogen) atoms. The third-order valence-corrected chi connectivity index (χ3v) is 5.79. The van der Waals surface area contributed by atoms with Gasteiger partial charge in [0, 0.05) is 12.6 Å². The first-order chi connectivity index (χ1) is 7.90. The molecule has 96 valence electrons. The van der Waals surface area contributed by atoms with Crippen LogP contribution in [0.5, 0.6) is 0 Å². The second-order valence-corrected chi connectivity index (χ2v) is 6.75. The van der Waals surface area contributed by atoms with Crippen LogP contribution < -0.4 is 4.72 Å². The summed E-state index contributed by atoms with van der Waals surface area (Å²) in [5, 5.41) is 7.46. The smallest absolute Gasteiger partial charge is 0.235 e. The molecule has 1 aliphatic rings. The summed E-state index contributed by atoms with van der Waals surface area (Å²) in [7, 11) is -2.01. The Balaban J connectivity index is 2.31. The molecule has 0 bridgehead atoms. The van der Waals surface area contributed by atoms with Gasteiger partial charge in [-0.15, -0.1) is 5.10 Å². The molecule has 0 aromatic carbocycles. The highest BCUT2D eigenvalue weighted by molar-refractivity contribution is 9.10. The summed E-state index contributed by atoms with van der Waals surface area (Å²) >= 11 is 3.11. The molecule has 1 aromatic rings. The molecule has 0 spiro atoms. The number of sulfonamides is 1. The fraction of sp³-hybridized carbons (Fsp3) is 0.778. The van der Waals surface area contributed by atoms with Gasteiger partial charge in [0.05, 0.1) is 0 Å². The molecule has 1 N–H and O–H groups in total. The van der Waals surface area contributed by atoms with Gasteiger partial charge in [-0.1, -0.05) is 12.1 Å². The molecule has 2 rings (SSSR count). The highest BCUT2D eigenvalue weighted by Gasteiger charge is 2.40. The van der Waals surface area contributed by atoms with Gasteiger partial charge >= 0.3 is 0 Å². The molecule has 1 saturated carbocycles. The molecule has 0 aliphatic heterocycles. The number of aryl methyl sites for hydroxylation is 1. The van der Waals surface area contributed by atoms with E-state index >= 15 is 0 Å². The van der Waals surface area contributed by atoms with E-state index < -0.39 is 10.0 Å². The summed E-state index contributed by atoms with van der Waals surface area (Å²) in [6.45, 7) is 2.00. The van der Waals surface area contributed by atoms with Crippen LogP contribution in [0.2, 0.25) is 0 Å². The van der Waals surface area contributed by atoms with Crippen LogP contribution in [0.4, 0.5) is 0 Å². The standard InChI is InChI=1S/C9H15BrN4O2S/c1-3-9(5-4-6-9)12-17(15,16)8-7(10)11-13-14(8)2/h12H,3-6H2,1-2H3. The quantitative estimate of drug-likeness (QED) is 0.903. The lowest BCUT2D eigenvalue weighted by atomic mass is 9.76. The van der Waals surface area contributed by atoms with Gasteiger partial charge < -0.3 is 0 Å². The molecule has 1 aliphatic carbocycles. The van der Waals surface area contributed by atoms with Crippen molar-refractivity contribution in [2.45, 2.75) is 43.2 Å². The monoisotopic (exact) mass is 322 g/mol. The fourth-order valence-electron chi connectivity index (χ4n) is 2.07. The van der Waals surface area contributed by atoms with E-state index in [1.165, 1.54) is 4.68 Å². The van der Waals surface area contributed by atoms with Gasteiger partial charge in [0.25, 0.3) is 10.0 Å². The Morgan fingerprint density at radius 2 is 2.18 bits per heavy atom. The minimum Gasteiger partial charge on any atom is -0.235 e. The highest BCUT2D eigenvalue weighted by Crippen LogP contribution is 2.36. The van der Waals surface area contributed by atoms with Crippen LogP contribution in [0.15, 0.2) is 9.63 Å². The Labute approximate surface area is 109 Å². The fourth-order valence-corrected chi connectivity index (χ4v) is 4.70. The second-order valence-electron chi connectivity index (χ2n) is 4.40. The molecule has 8 heteroatoms. The van der Waals surface area contributed by atoms with Gasteiger partial charge in [-0.05, 0) is 41.6 Å². The van der Waals surface area contributed by atoms with Crippen LogP contribution in [-0.2, 0) is 17.1 Å². The summed E-state index contributed by atoms with van der Waals surface area (Å²) in [5.41, 5.74) is -0.275. The van der Waals surface area contributed by atoms with E-state index in [-0.39, 0.29) is 15.2 Å². The molecule has 0 amide bonds. The molecule has 1 fully saturated rings. The van der Waals surface area contributed by atoms with E-state index in [0.29, 0.717) is 0 Å². The first kappa shape index (κ1) is 13.0. The van der Waals surface area contributed by atoms with E-state index in [0.717, 1.165) is 25.7 Å². The summed E-state index contributed by atoms with van der Waals surface area (Å²) in [5.74, 6) is 0. The van der Waals surface area contributed by atoms with Crippen molar-refractivity contribution in [2.75, 3.05) is 0 Å². The normalized spacial score (nSPS) is 19.0. The van der Waals surface area contributed by atoms with Gasteiger partial charge in [0.1, 0.15) is 0 Å². The number of hydrogen-bond acceptors (Lipinski definition) is 4. The van der Waals surface area contributed by atoms with Gasteiger partial charge in [-0.2, -0.15) is 0 Å². The van der Waals surface area contributed by atoms with Gasteiger partial charge in [-0.25, -0.2) is 17.8 Å². The van der Waals surface area contributed by atoms with Crippen LogP contribution in [0.1, 0.15) is 32.6 Å². The van der Waals surface area contributed by atoms with Crippen LogP contribution in [0, 0.1) is 0 Å². The average molecular weight is 323 g/mol. The molecule has 0 atom stereocenters. The first-order valence-corrected chi connectivity index (χ1v) is 7.77. The highest BCUT2D eigenvalue weighted by atomic mass is 79.9. The number of nitrogens with one attached hydrogen (secondary N) is 1. The number of hydrogen-bond donors (Lipinski definition) is 1. The van der Waals surface area contributed by atoms with Crippen molar-refractivity contribution in [2.24, 2.45) is 7.05 Å². The predicted octanol–water partition coefficient (Wildman–Crippen LogP) is 1.19. The molecular formula is C9H15BrN4O2S. The lowest BCUT2D eigenvalue weighted by molar-refractivity contribution is 0.213. The van der Waals surface area contributed by atoms with Gasteiger partial charge in [0.15, 0.2) is 4.60 Å². The maximum atomic E-state index is 12.3. The minimum absolute atomic E-state index is 0.0808. The minimum atomic E-state index is -3.57. The van der Waals surface area contributed by atoms with E-state index in [1.807, 2.05) is 6.92 Å². The van der Waals surface area contributed by atoms with Crippen LogP contribution in [0.25, 0.3) is 0 Å². The zero-order valence-electron chi connectivity index (χ0n) is 9.77. The first-order valence-electron chi connectivity index (χ1n) is 5.49. The summed E-state index contributed by atoms with van der Waals surface area (Å²) in [4.78, 5) is 0. The summed E-state index contributed by atoms with van der Waals surface area (Å²) in [6, 6.07) is 0. The Morgan fingerprint density at radius 1 is 1.53 bits per heavy atom. The third kappa shape index (κ3) is 2.25. The van der Waals surface area contributed by atoms with Gasteiger partial charge in [0.2, 0.25) is 5.03 Å². The van der Waals surface area contributed by atoms with Crippen molar-refractivity contribution in [3.05, 3.63) is 4.60 Å². The maximum absolute atomic E-state index is 12.3. The van der Waals surface area contributed by atoms with Crippen molar-refractivity contribution in [1.82, 2.24) is 19.7 Å². The maximum Gasteiger partial charge on any atom is 0.261 e. The second kappa shape index (κ2) is 4.33. The Bertz CT molecular complexity index is 496. The average Bonchev–Trinajstić information content (AvgIpc) is 2.53. The number of rotatable bonds is 4. The van der Waals surface area contributed by atoms with E-state index in [4.69, 9.17) is 0 Å². The lowest BCUT2D eigenvalue weighted by Gasteiger charge is -2.41. The molecule has 1 heterocycles. The third-order valence-electron chi connectivity index (χ3n) is 3.33. The zero-order chi connectivity index (χ0) is 12.7. The predicted molar refractivity (Wildman–Crippen MR) is 65.9 cm³/mol. The number of aromatic nitrogens is 3. The van der Waals surface area contributed by atoms with Crippen molar-refractivity contribution < 1.29 is 8.42 Å². The topological polar surface area (TPSA) is 76.9 Å². The van der Waals surface area contributed by atoms with E-state index in [2.05, 4.69) is 31.0 Å². The summed E-state index contributed by atoms with van der Waals surface area (Å²) in [6.07, 6.45) is 3.66. The van der Waals surface area contributed by atoms with E-state index in [1.54, 1.807) is 7.05 Å². The van der Waals surface area contributed by atoms with Crippen molar-refractivity contribution >= 4 is 26.0 Å². The van der Waals surface area contributed by atoms with Crippen molar-refractivity contribution in [1.29, 1.82) is 0 Å². The molecule has 0 unspecified atom stereocenters. The van der Waals surface area contributed by atoms with Crippen molar-refractivity contribution in [3.8, 4) is 0 Å². The Kier molecular flexibility index (Phi) is 3.30. The van der Waals surface area contributed by atoms with Crippen molar-refractivity contribution in [3.63, 3.8) is 0 Å². The summed E-state index contributed by atoms with van der Waals surface area (Å²) < 4.78 is 28.8. The number of nitrogens with zero attached hydrogens (tertiary/aromatic N) is 3. The van der Waals surface area contributed by atoms with E-state index in [9.17, 15) is 8.42 Å². The molecule has 0 radical (unpaired) electrons. The van der Waals surface area contributed by atoms with Crippen LogP contribution in [0.3, 0.4) is 0 Å². The molecule has 6 nitrogen and oxygen atoms in total. The van der Waals surface area contributed by atoms with Crippen LogP contribution in [-0.4, -0.2) is 29.0 Å². The molecule has 0 saturated heterocycles. The van der Waals surface area contributed by atoms with Gasteiger partial charge in [-0.3, -0.25) is 0 Å². The number of halogens is 1. The molecule has 1 aromatic heterocycles. The SMILES string of the molecule is CCC1(NS(=O)(=O)c2c(Br)nnn2C)CCC1. The zero-order valence-corrected chi connectivity index (χ0v) is 12.2. The Morgan fingerprint density at radius 3 is 2.53 bits per heavy atom. The lowest BCUT2D eigenvalue weighted by Crippen LogP contribution is -2.53. The largest absolute Gasteiger partial charge is 0.261 e. The van der Waals surface area contributed by atoms with Crippen LogP contribution >= 0.6 is 15.9 Å². The Hall–Kier alpha value is -0.470.